The molecule has 0 bridgehead atoms. The van der Waals surface area contributed by atoms with Gasteiger partial charge >= 0.3 is 0 Å². The van der Waals surface area contributed by atoms with E-state index in [1.807, 2.05) is 0 Å². The number of nitrogens with one attached hydrogen (secondary N) is 1. The van der Waals surface area contributed by atoms with Gasteiger partial charge in [-0.25, -0.2) is 8.42 Å². The largest absolute Gasteiger partial charge is 0.397 e. The van der Waals surface area contributed by atoms with Gasteiger partial charge in [0.1, 0.15) is 0 Å². The maximum atomic E-state index is 11.5. The highest BCUT2D eigenvalue weighted by molar-refractivity contribution is 7.91. The van der Waals surface area contributed by atoms with Gasteiger partial charge in [-0.2, -0.15) is 0 Å². The van der Waals surface area contributed by atoms with E-state index >= 15 is 0 Å². The van der Waals surface area contributed by atoms with Crippen LogP contribution in [-0.4, -0.2) is 26.0 Å². The third-order valence-corrected chi connectivity index (χ3v) is 4.99. The fraction of sp³-hybridized carbons (Fsp3) is 0.455. The zero-order chi connectivity index (χ0) is 12.5. The first kappa shape index (κ1) is 12.5. The lowest BCUT2D eigenvalue weighted by molar-refractivity contribution is 0.562. The van der Waals surface area contributed by atoms with Gasteiger partial charge in [0, 0.05) is 6.04 Å². The molecule has 4 nitrogen and oxygen atoms in total. The molecule has 1 aliphatic heterocycles. The number of nitrogen functional groups attached to an aromatic ring is 1. The van der Waals surface area contributed by atoms with Crippen molar-refractivity contribution in [1.82, 2.24) is 0 Å². The van der Waals surface area contributed by atoms with Gasteiger partial charge in [-0.05, 0) is 25.0 Å². The first-order valence-electron chi connectivity index (χ1n) is 5.49. The van der Waals surface area contributed by atoms with Crippen LogP contribution in [0.2, 0.25) is 5.02 Å². The van der Waals surface area contributed by atoms with Crippen molar-refractivity contribution in [3.8, 4) is 0 Å². The molecule has 1 aliphatic rings. The van der Waals surface area contributed by atoms with E-state index in [1.165, 1.54) is 0 Å². The molecule has 1 aromatic rings. The second-order valence-electron chi connectivity index (χ2n) is 4.30. The molecule has 6 heteroatoms. The van der Waals surface area contributed by atoms with Crippen molar-refractivity contribution in [1.29, 1.82) is 0 Å². The van der Waals surface area contributed by atoms with Crippen LogP contribution in [0.15, 0.2) is 18.2 Å². The quantitative estimate of drug-likeness (QED) is 0.808. The molecule has 0 amide bonds. The maximum Gasteiger partial charge on any atom is 0.152 e. The van der Waals surface area contributed by atoms with Crippen LogP contribution < -0.4 is 11.1 Å². The van der Waals surface area contributed by atoms with Crippen molar-refractivity contribution in [2.45, 2.75) is 18.9 Å². The van der Waals surface area contributed by atoms with Gasteiger partial charge in [0.25, 0.3) is 0 Å². The van der Waals surface area contributed by atoms with Crippen LogP contribution in [0.5, 0.6) is 0 Å². The molecule has 1 atom stereocenters. The highest BCUT2D eigenvalue weighted by atomic mass is 35.5. The van der Waals surface area contributed by atoms with Crippen LogP contribution in [0.1, 0.15) is 12.8 Å². The first-order chi connectivity index (χ1) is 7.98. The van der Waals surface area contributed by atoms with Crippen molar-refractivity contribution in [2.24, 2.45) is 0 Å². The highest BCUT2D eigenvalue weighted by Crippen LogP contribution is 2.29. The van der Waals surface area contributed by atoms with Gasteiger partial charge in [-0.1, -0.05) is 17.7 Å². The molecule has 0 aliphatic carbocycles. The van der Waals surface area contributed by atoms with E-state index < -0.39 is 9.84 Å². The van der Waals surface area contributed by atoms with E-state index in [0.29, 0.717) is 22.8 Å². The van der Waals surface area contributed by atoms with Gasteiger partial charge in [0.15, 0.2) is 9.84 Å². The molecule has 2 rings (SSSR count). The Labute approximate surface area is 106 Å². The van der Waals surface area contributed by atoms with Crippen LogP contribution in [0, 0.1) is 0 Å². The first-order valence-corrected chi connectivity index (χ1v) is 7.69. The predicted octanol–water partition coefficient (Wildman–Crippen LogP) is 1.91. The number of nitrogens with two attached hydrogens (primary N) is 1. The molecule has 1 fully saturated rings. The number of sulfone groups is 1. The molecule has 1 heterocycles. The second-order valence-corrected chi connectivity index (χ2v) is 6.94. The summed E-state index contributed by atoms with van der Waals surface area (Å²) in [6.07, 6.45) is 1.51. The summed E-state index contributed by atoms with van der Waals surface area (Å²) in [4.78, 5) is 0. The summed E-state index contributed by atoms with van der Waals surface area (Å²) in [5.74, 6) is 0.431. The summed E-state index contributed by atoms with van der Waals surface area (Å²) in [6.45, 7) is 0. The summed E-state index contributed by atoms with van der Waals surface area (Å²) in [7, 11) is -2.92. The van der Waals surface area contributed by atoms with Gasteiger partial charge < -0.3 is 11.1 Å². The molecule has 1 saturated heterocycles. The molecule has 0 saturated carbocycles. The lowest BCUT2D eigenvalue weighted by atomic mass is 10.1. The smallest absolute Gasteiger partial charge is 0.152 e. The minimum absolute atomic E-state index is 0.101. The molecule has 17 heavy (non-hydrogen) atoms. The highest BCUT2D eigenvalue weighted by Gasteiger charge is 2.25. The van der Waals surface area contributed by atoms with Gasteiger partial charge in [0.2, 0.25) is 0 Å². The van der Waals surface area contributed by atoms with Crippen molar-refractivity contribution in [2.75, 3.05) is 22.6 Å². The molecule has 3 N–H and O–H groups in total. The molecule has 1 aromatic carbocycles. The third-order valence-electron chi connectivity index (χ3n) is 2.86. The van der Waals surface area contributed by atoms with Crippen LogP contribution in [0.25, 0.3) is 0 Å². The van der Waals surface area contributed by atoms with Crippen LogP contribution in [0.4, 0.5) is 11.4 Å². The standard InChI is InChI=1S/C11H15ClN2O2S/c12-9-4-1-5-10(13)11(9)14-8-3-2-6-17(15,16)7-8/h1,4-5,8,14H,2-3,6-7,13H2. The lowest BCUT2D eigenvalue weighted by Gasteiger charge is -2.25. The Morgan fingerprint density at radius 1 is 1.41 bits per heavy atom. The summed E-state index contributed by atoms with van der Waals surface area (Å²) >= 11 is 6.03. The second kappa shape index (κ2) is 4.74. The van der Waals surface area contributed by atoms with Gasteiger partial charge in [-0.15, -0.1) is 0 Å². The number of benzene rings is 1. The normalized spacial score (nSPS) is 23.2. The fourth-order valence-electron chi connectivity index (χ4n) is 2.03. The molecule has 0 aromatic heterocycles. The Morgan fingerprint density at radius 3 is 2.82 bits per heavy atom. The summed E-state index contributed by atoms with van der Waals surface area (Å²) < 4.78 is 23.0. The van der Waals surface area contributed by atoms with Crippen LogP contribution >= 0.6 is 11.6 Å². The van der Waals surface area contributed by atoms with Crippen LogP contribution in [0.3, 0.4) is 0 Å². The van der Waals surface area contributed by atoms with Crippen molar-refractivity contribution >= 4 is 32.8 Å². The van der Waals surface area contributed by atoms with Crippen molar-refractivity contribution in [3.05, 3.63) is 23.2 Å². The van der Waals surface area contributed by atoms with Gasteiger partial charge in [-0.3, -0.25) is 0 Å². The maximum absolute atomic E-state index is 11.5. The Kier molecular flexibility index (Phi) is 3.49. The zero-order valence-electron chi connectivity index (χ0n) is 9.32. The monoisotopic (exact) mass is 274 g/mol. The molecule has 1 unspecified atom stereocenters. The van der Waals surface area contributed by atoms with Crippen molar-refractivity contribution < 1.29 is 8.42 Å². The Balaban J connectivity index is 2.16. The summed E-state index contributed by atoms with van der Waals surface area (Å²) in [5.41, 5.74) is 6.99. The Bertz CT molecular complexity index is 496. The topological polar surface area (TPSA) is 72.2 Å². The van der Waals surface area contributed by atoms with Crippen molar-refractivity contribution in [3.63, 3.8) is 0 Å². The minimum atomic E-state index is -2.92. The van der Waals surface area contributed by atoms with E-state index in [4.69, 9.17) is 17.3 Å². The zero-order valence-corrected chi connectivity index (χ0v) is 10.9. The number of anilines is 2. The van der Waals surface area contributed by atoms with E-state index in [2.05, 4.69) is 5.32 Å². The Morgan fingerprint density at radius 2 is 2.18 bits per heavy atom. The Hall–Kier alpha value is -0.940. The predicted molar refractivity (Wildman–Crippen MR) is 71.2 cm³/mol. The third kappa shape index (κ3) is 3.04. The SMILES string of the molecule is Nc1cccc(Cl)c1NC1CCCS(=O)(=O)C1. The molecule has 0 radical (unpaired) electrons. The fourth-order valence-corrected chi connectivity index (χ4v) is 3.91. The summed E-state index contributed by atoms with van der Waals surface area (Å²) in [5, 5.41) is 3.66. The number of halogens is 1. The lowest BCUT2D eigenvalue weighted by Crippen LogP contribution is -2.35. The average molecular weight is 275 g/mol. The minimum Gasteiger partial charge on any atom is -0.397 e. The molecular formula is C11H15ClN2O2S. The number of para-hydroxylation sites is 1. The molecular weight excluding hydrogens is 260 g/mol. The average Bonchev–Trinajstić information content (AvgIpc) is 2.22. The van der Waals surface area contributed by atoms with E-state index in [-0.39, 0.29) is 17.5 Å². The van der Waals surface area contributed by atoms with Gasteiger partial charge in [0.05, 0.1) is 27.9 Å². The van der Waals surface area contributed by atoms with E-state index in [1.54, 1.807) is 18.2 Å². The van der Waals surface area contributed by atoms with E-state index in [9.17, 15) is 8.42 Å². The number of hydrogen-bond acceptors (Lipinski definition) is 4. The number of hydrogen-bond donors (Lipinski definition) is 2. The van der Waals surface area contributed by atoms with E-state index in [0.717, 1.165) is 6.42 Å². The summed E-state index contributed by atoms with van der Waals surface area (Å²) in [6, 6.07) is 5.14. The number of rotatable bonds is 2. The van der Waals surface area contributed by atoms with Crippen LogP contribution in [-0.2, 0) is 9.84 Å². The molecule has 0 spiro atoms. The molecule has 94 valence electrons.